The average molecular weight is 512 g/mol. The third-order valence-electron chi connectivity index (χ3n) is 6.14. The molecule has 0 amide bonds. The van der Waals surface area contributed by atoms with Gasteiger partial charge in [-0.2, -0.15) is 0 Å². The van der Waals surface area contributed by atoms with E-state index in [1.807, 2.05) is 38.1 Å². The monoisotopic (exact) mass is 511 g/mol. The smallest absolute Gasteiger partial charge is 0.129 e. The van der Waals surface area contributed by atoms with E-state index in [2.05, 4.69) is 78.6 Å². The van der Waals surface area contributed by atoms with E-state index in [0.717, 1.165) is 53.8 Å². The van der Waals surface area contributed by atoms with Crippen LogP contribution in [0.15, 0.2) is 78.5 Å². The van der Waals surface area contributed by atoms with Crippen molar-refractivity contribution in [1.29, 1.82) is 5.41 Å². The molecule has 0 fully saturated rings. The molecule has 5 N–H and O–H groups in total. The van der Waals surface area contributed by atoms with Crippen molar-refractivity contribution in [2.45, 2.75) is 65.3 Å². The van der Waals surface area contributed by atoms with E-state index in [9.17, 15) is 0 Å². The lowest BCUT2D eigenvalue weighted by Gasteiger charge is -2.23. The summed E-state index contributed by atoms with van der Waals surface area (Å²) in [5, 5.41) is 9.18. The summed E-state index contributed by atoms with van der Waals surface area (Å²) in [6.07, 6.45) is 16.5. The van der Waals surface area contributed by atoms with E-state index in [-0.39, 0.29) is 6.04 Å². The number of para-hydroxylation sites is 2. The van der Waals surface area contributed by atoms with Crippen molar-refractivity contribution in [1.82, 2.24) is 15.3 Å². The number of nitrogens with one attached hydrogen (secondary N) is 3. The van der Waals surface area contributed by atoms with Gasteiger partial charge in [0.1, 0.15) is 5.82 Å². The van der Waals surface area contributed by atoms with Crippen LogP contribution in [-0.2, 0) is 0 Å². The van der Waals surface area contributed by atoms with Gasteiger partial charge in [-0.3, -0.25) is 0 Å². The van der Waals surface area contributed by atoms with Crippen LogP contribution in [0.2, 0.25) is 0 Å². The number of aromatic nitrogens is 2. The Labute approximate surface area is 229 Å². The normalized spacial score (nSPS) is 12.5. The fraction of sp³-hybridized carbons (Fsp3) is 0.333. The lowest BCUT2D eigenvalue weighted by atomic mass is 9.91. The van der Waals surface area contributed by atoms with E-state index >= 15 is 0 Å². The molecule has 4 rings (SSSR count). The topological polar surface area (TPSA) is 90.6 Å². The van der Waals surface area contributed by atoms with E-state index in [1.54, 1.807) is 0 Å². The lowest BCUT2D eigenvalue weighted by molar-refractivity contribution is 0.498. The van der Waals surface area contributed by atoms with Crippen molar-refractivity contribution >= 4 is 23.3 Å². The van der Waals surface area contributed by atoms with Crippen molar-refractivity contribution in [3.05, 3.63) is 95.5 Å². The number of hydrogen-bond donors (Lipinski definition) is 4. The molecule has 1 heterocycles. The SMILES string of the molecule is C#Cc1ccc(C2=CC=C(C(=C)NC(CCCCC)c3nc4ccccc4[nH]3)CC2)cc1.C=N.CC.CN. The second-order valence-electron chi connectivity index (χ2n) is 8.42. The maximum atomic E-state index is 5.50. The zero-order chi connectivity index (χ0) is 28.3. The molecular weight excluding hydrogens is 466 g/mol. The molecule has 202 valence electrons. The number of fused-ring (bicyclic) bond motifs is 1. The number of unbranched alkanes of at least 4 members (excludes halogenated alkanes) is 2. The molecule has 1 atom stereocenters. The Morgan fingerprint density at radius 2 is 1.76 bits per heavy atom. The minimum Gasteiger partial charge on any atom is -0.375 e. The summed E-state index contributed by atoms with van der Waals surface area (Å²) in [6, 6.07) is 16.6. The van der Waals surface area contributed by atoms with Crippen molar-refractivity contribution in [3.8, 4) is 12.3 Å². The van der Waals surface area contributed by atoms with E-state index in [0.29, 0.717) is 0 Å². The lowest BCUT2D eigenvalue weighted by Crippen LogP contribution is -2.23. The van der Waals surface area contributed by atoms with Crippen LogP contribution in [-0.4, -0.2) is 23.7 Å². The summed E-state index contributed by atoms with van der Waals surface area (Å²) in [7, 11) is 1.50. The van der Waals surface area contributed by atoms with Gasteiger partial charge in [-0.1, -0.05) is 89.0 Å². The van der Waals surface area contributed by atoms with Crippen molar-refractivity contribution in [2.24, 2.45) is 5.73 Å². The first-order chi connectivity index (χ1) is 18.7. The van der Waals surface area contributed by atoms with Gasteiger partial charge in [-0.15, -0.1) is 6.42 Å². The van der Waals surface area contributed by atoms with Crippen LogP contribution < -0.4 is 11.1 Å². The highest BCUT2D eigenvalue weighted by Crippen LogP contribution is 2.30. The molecule has 0 aliphatic heterocycles. The van der Waals surface area contributed by atoms with Crippen LogP contribution in [0.1, 0.15) is 82.3 Å². The van der Waals surface area contributed by atoms with Crippen LogP contribution in [0.5, 0.6) is 0 Å². The molecule has 3 aromatic rings. The Morgan fingerprint density at radius 1 is 1.08 bits per heavy atom. The van der Waals surface area contributed by atoms with E-state index in [4.69, 9.17) is 16.8 Å². The van der Waals surface area contributed by atoms with Gasteiger partial charge in [0.25, 0.3) is 0 Å². The van der Waals surface area contributed by atoms with Gasteiger partial charge in [0.05, 0.1) is 17.1 Å². The minimum absolute atomic E-state index is 0.129. The van der Waals surface area contributed by atoms with Crippen LogP contribution in [0.4, 0.5) is 0 Å². The van der Waals surface area contributed by atoms with Gasteiger partial charge in [-0.05, 0) is 74.0 Å². The number of aromatic amines is 1. The Balaban J connectivity index is 0.00000112. The molecule has 2 aromatic carbocycles. The molecule has 1 unspecified atom stereocenters. The quantitative estimate of drug-likeness (QED) is 0.133. The number of rotatable bonds is 9. The predicted octanol–water partition coefficient (Wildman–Crippen LogP) is 7.94. The number of imidazole rings is 1. The highest BCUT2D eigenvalue weighted by Gasteiger charge is 2.18. The number of terminal acetylenes is 1. The number of H-pyrrole nitrogens is 1. The first-order valence-electron chi connectivity index (χ1n) is 13.5. The molecule has 1 aromatic heterocycles. The zero-order valence-electron chi connectivity index (χ0n) is 23.6. The van der Waals surface area contributed by atoms with E-state index in [1.165, 1.54) is 36.6 Å². The summed E-state index contributed by atoms with van der Waals surface area (Å²) in [6.45, 7) is 13.1. The third-order valence-corrected chi connectivity index (χ3v) is 6.14. The zero-order valence-corrected chi connectivity index (χ0v) is 23.6. The number of nitrogens with zero attached hydrogens (tertiary/aromatic N) is 1. The molecule has 1 aliphatic rings. The first kappa shape index (κ1) is 32.1. The Kier molecular flexibility index (Phi) is 15.5. The maximum absolute atomic E-state index is 5.50. The average Bonchev–Trinajstić information content (AvgIpc) is 3.44. The number of benzene rings is 2. The summed E-state index contributed by atoms with van der Waals surface area (Å²) in [4.78, 5) is 8.36. The van der Waals surface area contributed by atoms with Crippen molar-refractivity contribution in [3.63, 3.8) is 0 Å². The van der Waals surface area contributed by atoms with Gasteiger partial charge in [-0.25, -0.2) is 4.98 Å². The maximum Gasteiger partial charge on any atom is 0.129 e. The van der Waals surface area contributed by atoms with Gasteiger partial charge in [0.15, 0.2) is 0 Å². The highest BCUT2D eigenvalue weighted by atomic mass is 15.0. The molecule has 5 heteroatoms. The van der Waals surface area contributed by atoms with Gasteiger partial charge < -0.3 is 21.4 Å². The fourth-order valence-electron chi connectivity index (χ4n) is 4.23. The minimum atomic E-state index is 0.129. The van der Waals surface area contributed by atoms with Crippen LogP contribution >= 0.6 is 0 Å². The summed E-state index contributed by atoms with van der Waals surface area (Å²) >= 11 is 0. The van der Waals surface area contributed by atoms with Crippen LogP contribution in [0.3, 0.4) is 0 Å². The summed E-state index contributed by atoms with van der Waals surface area (Å²) in [5.74, 6) is 3.67. The van der Waals surface area contributed by atoms with Gasteiger partial charge in [0, 0.05) is 11.3 Å². The molecule has 0 spiro atoms. The van der Waals surface area contributed by atoms with Crippen molar-refractivity contribution < 1.29 is 0 Å². The first-order valence-corrected chi connectivity index (χ1v) is 13.5. The van der Waals surface area contributed by atoms with Crippen molar-refractivity contribution in [2.75, 3.05) is 7.05 Å². The molecule has 0 saturated carbocycles. The fourth-order valence-corrected chi connectivity index (χ4v) is 4.23. The summed E-state index contributed by atoms with van der Waals surface area (Å²) < 4.78 is 0. The molecule has 38 heavy (non-hydrogen) atoms. The molecule has 5 nitrogen and oxygen atoms in total. The number of allylic oxidation sites excluding steroid dienone is 4. The van der Waals surface area contributed by atoms with Crippen LogP contribution in [0, 0.1) is 17.8 Å². The number of hydrogen-bond acceptors (Lipinski definition) is 4. The standard InChI is InChI=1S/C29H31N3.C2H6.CH5N.CH3N/c1-4-6-7-12-28(29-31-26-10-8-9-11-27(26)32-29)30-21(3)23-17-19-25(20-18-23)24-15-13-22(5-2)14-16-24;3*1-2/h2,8-11,13-17,19,28,30H,3-4,6-7,12,18,20H2,1H3,(H,31,32);1-2H3;2H2,1H3;2H,1H2. The third kappa shape index (κ3) is 9.21. The largest absolute Gasteiger partial charge is 0.375 e. The number of nitrogens with two attached hydrogens (primary N) is 1. The van der Waals surface area contributed by atoms with Crippen LogP contribution in [0.25, 0.3) is 16.6 Å². The molecular formula is C33H45N5. The van der Waals surface area contributed by atoms with Gasteiger partial charge in [0.2, 0.25) is 0 Å². The highest BCUT2D eigenvalue weighted by molar-refractivity contribution is 5.75. The second kappa shape index (κ2) is 18.4. The second-order valence-corrected chi connectivity index (χ2v) is 8.42. The molecule has 0 saturated heterocycles. The van der Waals surface area contributed by atoms with E-state index < -0.39 is 0 Å². The Hall–Kier alpha value is -3.88. The van der Waals surface area contributed by atoms with Gasteiger partial charge >= 0.3 is 0 Å². The molecule has 0 radical (unpaired) electrons. The Morgan fingerprint density at radius 3 is 2.34 bits per heavy atom. The summed E-state index contributed by atoms with van der Waals surface area (Å²) in [5.41, 5.74) is 12.3. The Bertz CT molecular complexity index is 1180. The molecule has 1 aliphatic carbocycles. The molecule has 0 bridgehead atoms. The predicted molar refractivity (Wildman–Crippen MR) is 166 cm³/mol.